The van der Waals surface area contributed by atoms with Crippen molar-refractivity contribution in [3.05, 3.63) is 84.1 Å². The molecule has 4 aromatic rings. The number of nitrogens with zero attached hydrogens (tertiary/aromatic N) is 5. The number of hydrogen-bond acceptors (Lipinski definition) is 5. The van der Waals surface area contributed by atoms with E-state index >= 15 is 0 Å². The van der Waals surface area contributed by atoms with Gasteiger partial charge in [-0.25, -0.2) is 9.83 Å². The van der Waals surface area contributed by atoms with Gasteiger partial charge in [0, 0.05) is 50.7 Å². The first-order valence-corrected chi connectivity index (χ1v) is 13.5. The van der Waals surface area contributed by atoms with Crippen molar-refractivity contribution < 1.29 is 4.74 Å². The van der Waals surface area contributed by atoms with Gasteiger partial charge in [-0.1, -0.05) is 48.5 Å². The number of likely N-dealkylation sites (N-methyl/N-ethyl adjacent to an activating group) is 1. The summed E-state index contributed by atoms with van der Waals surface area (Å²) in [7, 11) is 2.19. The molecule has 1 N–H and O–H groups in total. The normalized spacial score (nSPS) is 18.6. The predicted octanol–water partition coefficient (Wildman–Crippen LogP) is 4.95. The van der Waals surface area contributed by atoms with Gasteiger partial charge in [-0.3, -0.25) is 9.30 Å². The summed E-state index contributed by atoms with van der Waals surface area (Å²) in [6, 6.07) is 18.9. The summed E-state index contributed by atoms with van der Waals surface area (Å²) in [5, 5.41) is 3.42. The van der Waals surface area contributed by atoms with E-state index in [1.165, 1.54) is 5.56 Å². The number of rotatable bonds is 7. The number of piperazine rings is 1. The van der Waals surface area contributed by atoms with Gasteiger partial charge >= 0.3 is 0 Å². The molecule has 194 valence electrons. The molecule has 0 unspecified atom stereocenters. The first kappa shape index (κ1) is 24.6. The highest BCUT2D eigenvalue weighted by Crippen LogP contribution is 2.38. The number of ether oxygens (including phenoxy) is 1. The molecule has 7 nitrogen and oxygen atoms in total. The maximum absolute atomic E-state index is 7.36. The van der Waals surface area contributed by atoms with Crippen LogP contribution >= 0.6 is 0 Å². The average Bonchev–Trinajstić information content (AvgIpc) is 3.66. The van der Waals surface area contributed by atoms with Crippen molar-refractivity contribution in [3.63, 3.8) is 0 Å². The third-order valence-electron chi connectivity index (χ3n) is 7.84. The van der Waals surface area contributed by atoms with Gasteiger partial charge in [-0.15, -0.1) is 0 Å². The Hall–Kier alpha value is -3.70. The largest absolute Gasteiger partial charge is 0.491 e. The Morgan fingerprint density at radius 2 is 1.79 bits per heavy atom. The zero-order chi connectivity index (χ0) is 25.9. The highest BCUT2D eigenvalue weighted by Gasteiger charge is 2.20. The average molecular weight is 507 g/mol. The minimum absolute atomic E-state index is 0.520. The van der Waals surface area contributed by atoms with Crippen molar-refractivity contribution in [2.45, 2.75) is 13.0 Å². The fourth-order valence-electron chi connectivity index (χ4n) is 5.50. The van der Waals surface area contributed by atoms with Crippen LogP contribution in [0.25, 0.3) is 32.7 Å². The van der Waals surface area contributed by atoms with Crippen LogP contribution in [0.15, 0.2) is 67.1 Å². The van der Waals surface area contributed by atoms with E-state index in [2.05, 4.69) is 66.7 Å². The van der Waals surface area contributed by atoms with Crippen LogP contribution < -0.4 is 10.1 Å². The topological polar surface area (TPSA) is 49.4 Å². The van der Waals surface area contributed by atoms with Crippen LogP contribution in [0.1, 0.15) is 12.0 Å². The van der Waals surface area contributed by atoms with Crippen LogP contribution in [0.5, 0.6) is 5.75 Å². The van der Waals surface area contributed by atoms with Gasteiger partial charge in [0.25, 0.3) is 0 Å². The summed E-state index contributed by atoms with van der Waals surface area (Å²) in [5.74, 6) is 1.36. The molecule has 2 aromatic carbocycles. The van der Waals surface area contributed by atoms with Gasteiger partial charge in [0.1, 0.15) is 11.3 Å². The van der Waals surface area contributed by atoms with Gasteiger partial charge < -0.3 is 15.0 Å². The number of hydrogen-bond donors (Lipinski definition) is 1. The molecule has 2 saturated heterocycles. The van der Waals surface area contributed by atoms with Gasteiger partial charge in [-0.05, 0) is 42.8 Å². The molecule has 6 rings (SSSR count). The highest BCUT2D eigenvalue weighted by molar-refractivity contribution is 5.86. The molecular formula is C31H34N6O. The van der Waals surface area contributed by atoms with Crippen LogP contribution in [-0.4, -0.2) is 72.1 Å². The third kappa shape index (κ3) is 5.16. The fourth-order valence-corrected chi connectivity index (χ4v) is 5.50. The molecule has 2 aliphatic heterocycles. The molecule has 2 aliphatic rings. The molecule has 0 saturated carbocycles. The Morgan fingerprint density at radius 1 is 1.03 bits per heavy atom. The molecule has 2 fully saturated rings. The minimum atomic E-state index is 0.520. The van der Waals surface area contributed by atoms with Crippen LogP contribution in [0, 0.1) is 12.5 Å². The van der Waals surface area contributed by atoms with Crippen molar-refractivity contribution in [3.8, 4) is 28.1 Å². The second kappa shape index (κ2) is 11.0. The third-order valence-corrected chi connectivity index (χ3v) is 7.84. The molecule has 4 heterocycles. The van der Waals surface area contributed by atoms with Gasteiger partial charge in [0.2, 0.25) is 0 Å². The van der Waals surface area contributed by atoms with E-state index < -0.39 is 0 Å². The molecule has 0 bridgehead atoms. The number of aromatic nitrogens is 2. The first-order valence-electron chi connectivity index (χ1n) is 13.5. The number of imidazole rings is 1. The molecule has 7 heteroatoms. The zero-order valence-corrected chi connectivity index (χ0v) is 21.9. The fraction of sp³-hybridized carbons (Fsp3) is 0.355. The molecule has 2 aromatic heterocycles. The maximum atomic E-state index is 7.36. The Morgan fingerprint density at radius 3 is 2.50 bits per heavy atom. The Kier molecular flexibility index (Phi) is 7.10. The second-order valence-corrected chi connectivity index (χ2v) is 10.5. The lowest BCUT2D eigenvalue weighted by Crippen LogP contribution is -2.43. The van der Waals surface area contributed by atoms with Crippen molar-refractivity contribution in [2.24, 2.45) is 5.92 Å². The Bertz CT molecular complexity index is 1420. The standard InChI is InChI=1S/C31H34N6O/c1-32-27-9-7-25(8-10-27)28-17-30(38-21-24-11-12-33-18-24)29-19-34-22-37(29)31(28)26-5-3-23(4-6-26)20-36-15-13-35(2)14-16-36/h3-10,17,19,22,24,33H,11-16,18,20-21H2,2H3/t24-/m1/s1. The molecule has 0 radical (unpaired) electrons. The summed E-state index contributed by atoms with van der Waals surface area (Å²) in [6.45, 7) is 15.5. The number of benzene rings is 2. The summed E-state index contributed by atoms with van der Waals surface area (Å²) >= 11 is 0. The van der Waals surface area contributed by atoms with Crippen LogP contribution in [-0.2, 0) is 6.54 Å². The maximum Gasteiger partial charge on any atom is 0.187 e. The monoisotopic (exact) mass is 506 g/mol. The molecule has 0 spiro atoms. The van der Waals surface area contributed by atoms with E-state index in [0.29, 0.717) is 18.2 Å². The van der Waals surface area contributed by atoms with Crippen molar-refractivity contribution in [1.29, 1.82) is 0 Å². The second-order valence-electron chi connectivity index (χ2n) is 10.5. The first-order chi connectivity index (χ1) is 18.7. The minimum Gasteiger partial charge on any atom is -0.491 e. The van der Waals surface area contributed by atoms with Gasteiger partial charge in [-0.2, -0.15) is 0 Å². The van der Waals surface area contributed by atoms with E-state index in [1.54, 1.807) is 0 Å². The van der Waals surface area contributed by atoms with Crippen molar-refractivity contribution in [2.75, 3.05) is 52.9 Å². The van der Waals surface area contributed by atoms with Crippen LogP contribution in [0.3, 0.4) is 0 Å². The van der Waals surface area contributed by atoms with Gasteiger partial charge in [0.15, 0.2) is 5.69 Å². The lowest BCUT2D eigenvalue weighted by molar-refractivity contribution is 0.148. The molecule has 38 heavy (non-hydrogen) atoms. The zero-order valence-electron chi connectivity index (χ0n) is 21.9. The summed E-state index contributed by atoms with van der Waals surface area (Å²) in [5.41, 5.74) is 7.26. The quantitative estimate of drug-likeness (QED) is 0.359. The van der Waals surface area contributed by atoms with Gasteiger partial charge in [0.05, 0.1) is 31.4 Å². The smallest absolute Gasteiger partial charge is 0.187 e. The highest BCUT2D eigenvalue weighted by atomic mass is 16.5. The van der Waals surface area contributed by atoms with E-state index in [4.69, 9.17) is 11.3 Å². The number of fused-ring (bicyclic) bond motifs is 1. The van der Waals surface area contributed by atoms with E-state index in [0.717, 1.165) is 85.9 Å². The van der Waals surface area contributed by atoms with E-state index in [1.807, 2.05) is 36.8 Å². The van der Waals surface area contributed by atoms with E-state index in [9.17, 15) is 0 Å². The lowest BCUT2D eigenvalue weighted by Gasteiger charge is -2.32. The number of nitrogens with one attached hydrogen (secondary N) is 1. The SMILES string of the molecule is [C-]#[N+]c1ccc(-c2cc(OC[C@@H]3CCNC3)c3cncn3c2-c2ccc(CN3CCN(C)CC3)cc2)cc1. The summed E-state index contributed by atoms with van der Waals surface area (Å²) in [4.78, 5) is 13.0. The van der Waals surface area contributed by atoms with Crippen molar-refractivity contribution >= 4 is 11.2 Å². The van der Waals surface area contributed by atoms with Crippen LogP contribution in [0.4, 0.5) is 5.69 Å². The Balaban J connectivity index is 1.37. The Labute approximate surface area is 224 Å². The lowest BCUT2D eigenvalue weighted by atomic mass is 9.97. The molecule has 1 atom stereocenters. The van der Waals surface area contributed by atoms with E-state index in [-0.39, 0.29) is 0 Å². The predicted molar refractivity (Wildman–Crippen MR) is 152 cm³/mol. The molecular weight excluding hydrogens is 472 g/mol. The summed E-state index contributed by atoms with van der Waals surface area (Å²) < 4.78 is 8.56. The van der Waals surface area contributed by atoms with Crippen LogP contribution in [0.2, 0.25) is 0 Å². The summed E-state index contributed by atoms with van der Waals surface area (Å²) in [6.07, 6.45) is 4.90. The molecule has 0 amide bonds. The van der Waals surface area contributed by atoms with Crippen molar-refractivity contribution in [1.82, 2.24) is 24.5 Å². The molecule has 0 aliphatic carbocycles. The number of pyridine rings is 1.